The van der Waals surface area contributed by atoms with Gasteiger partial charge in [-0.3, -0.25) is 4.79 Å². The van der Waals surface area contributed by atoms with Crippen molar-refractivity contribution in [1.82, 2.24) is 5.32 Å². The normalized spacial score (nSPS) is 11.4. The minimum Gasteiger partial charge on any atom is -0.352 e. The van der Waals surface area contributed by atoms with E-state index in [2.05, 4.69) is 5.32 Å². The van der Waals surface area contributed by atoms with Crippen LogP contribution in [-0.4, -0.2) is 18.0 Å². The zero-order valence-corrected chi connectivity index (χ0v) is 9.02. The summed E-state index contributed by atoms with van der Waals surface area (Å²) in [4.78, 5) is 11.3. The van der Waals surface area contributed by atoms with Crippen LogP contribution in [0.5, 0.6) is 0 Å². The molecule has 0 aliphatic carbocycles. The van der Waals surface area contributed by atoms with Crippen LogP contribution in [0, 0.1) is 0 Å². The van der Waals surface area contributed by atoms with Gasteiger partial charge >= 0.3 is 0 Å². The maximum absolute atomic E-state index is 11.3. The summed E-state index contributed by atoms with van der Waals surface area (Å²) in [5.41, 5.74) is 5.24. The van der Waals surface area contributed by atoms with Crippen LogP contribution >= 0.6 is 0 Å². The van der Waals surface area contributed by atoms with Gasteiger partial charge in [0, 0.05) is 12.0 Å². The first-order valence-corrected chi connectivity index (χ1v) is 4.97. The van der Waals surface area contributed by atoms with Gasteiger partial charge in [-0.05, 0) is 40.2 Å². The molecule has 3 heteroatoms. The third-order valence-electron chi connectivity index (χ3n) is 1.62. The summed E-state index contributed by atoms with van der Waals surface area (Å²) in [6, 6.07) is 0. The van der Waals surface area contributed by atoms with Gasteiger partial charge in [0.25, 0.3) is 0 Å². The van der Waals surface area contributed by atoms with Crippen molar-refractivity contribution in [3.05, 3.63) is 0 Å². The number of nitrogens with two attached hydrogens (primary N) is 1. The maximum atomic E-state index is 11.3. The molecule has 0 spiro atoms. The van der Waals surface area contributed by atoms with Crippen LogP contribution in [0.2, 0.25) is 0 Å². The third-order valence-corrected chi connectivity index (χ3v) is 1.62. The average molecular weight is 186 g/mol. The SMILES string of the molecule is CC(C)(C)NC(=O)CCCCCN. The van der Waals surface area contributed by atoms with Crippen LogP contribution in [-0.2, 0) is 4.79 Å². The number of carbonyl (C=O) groups is 1. The number of hydrogen-bond donors (Lipinski definition) is 2. The first-order chi connectivity index (χ1) is 5.95. The molecule has 0 bridgehead atoms. The summed E-state index contributed by atoms with van der Waals surface area (Å²) in [5, 5.41) is 2.93. The smallest absolute Gasteiger partial charge is 0.220 e. The highest BCUT2D eigenvalue weighted by molar-refractivity contribution is 5.76. The van der Waals surface area contributed by atoms with E-state index in [9.17, 15) is 4.79 Å². The lowest BCUT2D eigenvalue weighted by atomic mass is 10.1. The quantitative estimate of drug-likeness (QED) is 0.638. The van der Waals surface area contributed by atoms with Crippen molar-refractivity contribution in [2.75, 3.05) is 6.54 Å². The van der Waals surface area contributed by atoms with Crippen LogP contribution in [0.25, 0.3) is 0 Å². The van der Waals surface area contributed by atoms with Crippen molar-refractivity contribution in [3.8, 4) is 0 Å². The second kappa shape index (κ2) is 5.97. The molecule has 0 saturated carbocycles. The Bertz CT molecular complexity index is 149. The van der Waals surface area contributed by atoms with Crippen molar-refractivity contribution < 1.29 is 4.79 Å². The molecule has 0 aromatic carbocycles. The number of carbonyl (C=O) groups excluding carboxylic acids is 1. The second-order valence-corrected chi connectivity index (χ2v) is 4.40. The molecule has 0 atom stereocenters. The van der Waals surface area contributed by atoms with Crippen LogP contribution in [0.3, 0.4) is 0 Å². The molecule has 0 radical (unpaired) electrons. The fourth-order valence-electron chi connectivity index (χ4n) is 1.09. The molecule has 0 aliphatic rings. The van der Waals surface area contributed by atoms with Crippen molar-refractivity contribution in [3.63, 3.8) is 0 Å². The molecule has 0 heterocycles. The van der Waals surface area contributed by atoms with Crippen molar-refractivity contribution in [2.45, 2.75) is 52.0 Å². The Morgan fingerprint density at radius 1 is 1.23 bits per heavy atom. The van der Waals surface area contributed by atoms with E-state index < -0.39 is 0 Å². The number of unbranched alkanes of at least 4 members (excludes halogenated alkanes) is 2. The Morgan fingerprint density at radius 2 is 1.85 bits per heavy atom. The monoisotopic (exact) mass is 186 g/mol. The molecule has 1 amide bonds. The summed E-state index contributed by atoms with van der Waals surface area (Å²) in [6.07, 6.45) is 3.63. The lowest BCUT2D eigenvalue weighted by Crippen LogP contribution is -2.40. The van der Waals surface area contributed by atoms with Gasteiger partial charge in [0.15, 0.2) is 0 Å². The van der Waals surface area contributed by atoms with Crippen LogP contribution in [0.1, 0.15) is 46.5 Å². The zero-order valence-electron chi connectivity index (χ0n) is 9.02. The molecule has 78 valence electrons. The van der Waals surface area contributed by atoms with E-state index in [-0.39, 0.29) is 11.4 Å². The molecular formula is C10H22N2O. The van der Waals surface area contributed by atoms with E-state index in [1.54, 1.807) is 0 Å². The lowest BCUT2D eigenvalue weighted by Gasteiger charge is -2.20. The topological polar surface area (TPSA) is 55.1 Å². The molecule has 0 aromatic rings. The van der Waals surface area contributed by atoms with Gasteiger partial charge in [0.2, 0.25) is 5.91 Å². The Hall–Kier alpha value is -0.570. The van der Waals surface area contributed by atoms with Crippen LogP contribution < -0.4 is 11.1 Å². The number of rotatable bonds is 5. The number of hydrogen-bond acceptors (Lipinski definition) is 2. The average Bonchev–Trinajstić information content (AvgIpc) is 1.94. The molecule has 3 nitrogen and oxygen atoms in total. The van der Waals surface area contributed by atoms with E-state index in [4.69, 9.17) is 5.73 Å². The predicted octanol–water partition coefficient (Wildman–Crippen LogP) is 1.42. The molecule has 0 aliphatic heterocycles. The van der Waals surface area contributed by atoms with Gasteiger partial charge in [-0.2, -0.15) is 0 Å². The largest absolute Gasteiger partial charge is 0.352 e. The summed E-state index contributed by atoms with van der Waals surface area (Å²) in [7, 11) is 0. The van der Waals surface area contributed by atoms with E-state index >= 15 is 0 Å². The van der Waals surface area contributed by atoms with Gasteiger partial charge in [-0.25, -0.2) is 0 Å². The minimum absolute atomic E-state index is 0.106. The van der Waals surface area contributed by atoms with E-state index in [1.165, 1.54) is 0 Å². The van der Waals surface area contributed by atoms with Crippen molar-refractivity contribution in [1.29, 1.82) is 0 Å². The van der Waals surface area contributed by atoms with Crippen molar-refractivity contribution >= 4 is 5.91 Å². The van der Waals surface area contributed by atoms with Crippen molar-refractivity contribution in [2.24, 2.45) is 5.73 Å². The Morgan fingerprint density at radius 3 is 2.31 bits per heavy atom. The molecule has 0 aromatic heterocycles. The van der Waals surface area contributed by atoms with Gasteiger partial charge in [-0.15, -0.1) is 0 Å². The number of nitrogens with one attached hydrogen (secondary N) is 1. The van der Waals surface area contributed by atoms with Crippen LogP contribution in [0.15, 0.2) is 0 Å². The van der Waals surface area contributed by atoms with Crippen LogP contribution in [0.4, 0.5) is 0 Å². The Kier molecular flexibility index (Phi) is 5.71. The molecular weight excluding hydrogens is 164 g/mol. The summed E-state index contributed by atoms with van der Waals surface area (Å²) < 4.78 is 0. The minimum atomic E-state index is -0.106. The van der Waals surface area contributed by atoms with Gasteiger partial charge < -0.3 is 11.1 Å². The molecule has 13 heavy (non-hydrogen) atoms. The van der Waals surface area contributed by atoms with Gasteiger partial charge in [-0.1, -0.05) is 6.42 Å². The summed E-state index contributed by atoms with van der Waals surface area (Å²) >= 11 is 0. The highest BCUT2D eigenvalue weighted by atomic mass is 16.1. The summed E-state index contributed by atoms with van der Waals surface area (Å²) in [5.74, 6) is 0.143. The van der Waals surface area contributed by atoms with E-state index in [0.29, 0.717) is 6.42 Å². The van der Waals surface area contributed by atoms with Gasteiger partial charge in [0.1, 0.15) is 0 Å². The van der Waals surface area contributed by atoms with E-state index in [1.807, 2.05) is 20.8 Å². The molecule has 0 unspecified atom stereocenters. The number of amides is 1. The molecule has 0 fully saturated rings. The van der Waals surface area contributed by atoms with E-state index in [0.717, 1.165) is 25.8 Å². The summed E-state index contributed by atoms with van der Waals surface area (Å²) in [6.45, 7) is 6.70. The fraction of sp³-hybridized carbons (Fsp3) is 0.900. The molecule has 0 saturated heterocycles. The molecule has 0 rings (SSSR count). The standard InChI is InChI=1S/C10H22N2O/c1-10(2,3)12-9(13)7-5-4-6-8-11/h4-8,11H2,1-3H3,(H,12,13). The lowest BCUT2D eigenvalue weighted by molar-refractivity contribution is -0.122. The Balaban J connectivity index is 3.41. The highest BCUT2D eigenvalue weighted by Gasteiger charge is 2.12. The predicted molar refractivity (Wildman–Crippen MR) is 55.4 cm³/mol. The first-order valence-electron chi connectivity index (χ1n) is 4.97. The Labute approximate surface area is 81.1 Å². The maximum Gasteiger partial charge on any atom is 0.220 e. The third kappa shape index (κ3) is 9.34. The highest BCUT2D eigenvalue weighted by Crippen LogP contribution is 2.02. The zero-order chi connectivity index (χ0) is 10.3. The molecule has 3 N–H and O–H groups in total. The second-order valence-electron chi connectivity index (χ2n) is 4.40. The van der Waals surface area contributed by atoms with Gasteiger partial charge in [0.05, 0.1) is 0 Å². The first kappa shape index (κ1) is 12.4. The fourth-order valence-corrected chi connectivity index (χ4v) is 1.09.